The maximum absolute atomic E-state index is 12.6. The van der Waals surface area contributed by atoms with Crippen molar-refractivity contribution in [1.82, 2.24) is 15.0 Å². The van der Waals surface area contributed by atoms with Crippen LogP contribution in [0.1, 0.15) is 34.7 Å². The molecule has 0 saturated heterocycles. The highest BCUT2D eigenvalue weighted by molar-refractivity contribution is 5.85. The van der Waals surface area contributed by atoms with Crippen LogP contribution in [-0.2, 0) is 24.2 Å². The number of hydrogen-bond donors (Lipinski definition) is 1. The molecule has 5 heteroatoms. The lowest BCUT2D eigenvalue weighted by Gasteiger charge is -2.27. The number of carbonyl (C=O) groups excluding carboxylic acids is 1. The molecule has 1 aromatic carbocycles. The molecular formula is C19H21N3O2. The molecule has 0 bridgehead atoms. The monoisotopic (exact) mass is 323 g/mol. The standard InChI is InChI=1S/C19H21N3O2/c1-12-14(13(2)24-21-12)7-8-19(23)22-10-9-16-15-5-3-4-6-17(15)20-18(16)11-22/h3-6,20H,7-11H2,1-2H3. The summed E-state index contributed by atoms with van der Waals surface area (Å²) in [6.45, 7) is 5.28. The number of hydrogen-bond acceptors (Lipinski definition) is 3. The molecule has 0 saturated carbocycles. The Labute approximate surface area is 140 Å². The molecule has 124 valence electrons. The van der Waals surface area contributed by atoms with Crippen LogP contribution in [0.25, 0.3) is 10.9 Å². The number of para-hydroxylation sites is 1. The quantitative estimate of drug-likeness (QED) is 0.804. The van der Waals surface area contributed by atoms with Crippen molar-refractivity contribution in [2.45, 2.75) is 39.7 Å². The Kier molecular flexibility index (Phi) is 3.63. The van der Waals surface area contributed by atoms with Gasteiger partial charge in [-0.05, 0) is 38.3 Å². The molecule has 5 nitrogen and oxygen atoms in total. The van der Waals surface area contributed by atoms with E-state index in [2.05, 4.69) is 28.3 Å². The van der Waals surface area contributed by atoms with E-state index in [0.29, 0.717) is 19.4 Å². The predicted molar refractivity (Wildman–Crippen MR) is 91.7 cm³/mol. The summed E-state index contributed by atoms with van der Waals surface area (Å²) in [5.41, 5.74) is 5.64. The van der Waals surface area contributed by atoms with Gasteiger partial charge in [0.15, 0.2) is 0 Å². The largest absolute Gasteiger partial charge is 0.361 e. The molecular weight excluding hydrogens is 302 g/mol. The molecule has 1 aliphatic heterocycles. The van der Waals surface area contributed by atoms with Gasteiger partial charge in [-0.25, -0.2) is 0 Å². The van der Waals surface area contributed by atoms with Crippen LogP contribution in [-0.4, -0.2) is 27.5 Å². The third-order valence-electron chi connectivity index (χ3n) is 5.01. The minimum absolute atomic E-state index is 0.194. The second-order valence-corrected chi connectivity index (χ2v) is 6.50. The molecule has 0 fully saturated rings. The Hall–Kier alpha value is -2.56. The summed E-state index contributed by atoms with van der Waals surface area (Å²) in [7, 11) is 0. The van der Waals surface area contributed by atoms with Crippen molar-refractivity contribution in [2.24, 2.45) is 0 Å². The Morgan fingerprint density at radius 1 is 1.33 bits per heavy atom. The fourth-order valence-electron chi connectivity index (χ4n) is 3.65. The number of aromatic nitrogens is 2. The maximum Gasteiger partial charge on any atom is 0.223 e. The van der Waals surface area contributed by atoms with Gasteiger partial charge in [-0.3, -0.25) is 4.79 Å². The number of aryl methyl sites for hydroxylation is 2. The van der Waals surface area contributed by atoms with Gasteiger partial charge in [0.05, 0.1) is 12.2 Å². The summed E-state index contributed by atoms with van der Waals surface area (Å²) >= 11 is 0. The number of aromatic amines is 1. The molecule has 0 radical (unpaired) electrons. The summed E-state index contributed by atoms with van der Waals surface area (Å²) in [4.78, 5) is 18.0. The Morgan fingerprint density at radius 2 is 2.17 bits per heavy atom. The topological polar surface area (TPSA) is 62.1 Å². The van der Waals surface area contributed by atoms with E-state index in [1.165, 1.54) is 16.6 Å². The molecule has 3 heterocycles. The van der Waals surface area contributed by atoms with E-state index in [4.69, 9.17) is 4.52 Å². The van der Waals surface area contributed by atoms with Crippen molar-refractivity contribution in [3.63, 3.8) is 0 Å². The zero-order chi connectivity index (χ0) is 16.7. The van der Waals surface area contributed by atoms with Gasteiger partial charge in [0.2, 0.25) is 5.91 Å². The van der Waals surface area contributed by atoms with E-state index in [1.54, 1.807) is 0 Å². The van der Waals surface area contributed by atoms with Gasteiger partial charge >= 0.3 is 0 Å². The van der Waals surface area contributed by atoms with Gasteiger partial charge in [0, 0.05) is 35.1 Å². The van der Waals surface area contributed by atoms with Crippen LogP contribution in [0.2, 0.25) is 0 Å². The highest BCUT2D eigenvalue weighted by atomic mass is 16.5. The number of carbonyl (C=O) groups is 1. The fraction of sp³-hybridized carbons (Fsp3) is 0.368. The van der Waals surface area contributed by atoms with Crippen molar-refractivity contribution in [1.29, 1.82) is 0 Å². The lowest BCUT2D eigenvalue weighted by molar-refractivity contribution is -0.132. The average molecular weight is 323 g/mol. The van der Waals surface area contributed by atoms with Crippen LogP contribution >= 0.6 is 0 Å². The second kappa shape index (κ2) is 5.82. The van der Waals surface area contributed by atoms with E-state index in [0.717, 1.165) is 35.5 Å². The zero-order valence-corrected chi connectivity index (χ0v) is 14.1. The molecule has 1 aliphatic rings. The van der Waals surface area contributed by atoms with Gasteiger partial charge < -0.3 is 14.4 Å². The molecule has 2 aromatic heterocycles. The third-order valence-corrected chi connectivity index (χ3v) is 5.01. The van der Waals surface area contributed by atoms with Crippen molar-refractivity contribution in [3.05, 3.63) is 52.5 Å². The SMILES string of the molecule is Cc1noc(C)c1CCC(=O)N1CCc2c([nH]c3ccccc23)C1. The highest BCUT2D eigenvalue weighted by Gasteiger charge is 2.24. The number of nitrogens with zero attached hydrogens (tertiary/aromatic N) is 2. The molecule has 0 spiro atoms. The first-order chi connectivity index (χ1) is 11.6. The third kappa shape index (κ3) is 2.50. The minimum Gasteiger partial charge on any atom is -0.361 e. The van der Waals surface area contributed by atoms with E-state index in [-0.39, 0.29) is 5.91 Å². The number of rotatable bonds is 3. The summed E-state index contributed by atoms with van der Waals surface area (Å²) in [5, 5.41) is 5.24. The first kappa shape index (κ1) is 15.0. The van der Waals surface area contributed by atoms with Crippen LogP contribution in [0.3, 0.4) is 0 Å². The zero-order valence-electron chi connectivity index (χ0n) is 14.1. The summed E-state index contributed by atoms with van der Waals surface area (Å²) in [6.07, 6.45) is 2.10. The number of benzene rings is 1. The number of H-pyrrole nitrogens is 1. The fourth-order valence-corrected chi connectivity index (χ4v) is 3.65. The van der Waals surface area contributed by atoms with Crippen molar-refractivity contribution in [2.75, 3.05) is 6.54 Å². The van der Waals surface area contributed by atoms with E-state index < -0.39 is 0 Å². The van der Waals surface area contributed by atoms with Gasteiger partial charge in [-0.1, -0.05) is 23.4 Å². The van der Waals surface area contributed by atoms with Crippen LogP contribution in [0.5, 0.6) is 0 Å². The van der Waals surface area contributed by atoms with Gasteiger partial charge in [-0.15, -0.1) is 0 Å². The van der Waals surface area contributed by atoms with Crippen LogP contribution in [0, 0.1) is 13.8 Å². The van der Waals surface area contributed by atoms with Gasteiger partial charge in [-0.2, -0.15) is 0 Å². The number of fused-ring (bicyclic) bond motifs is 3. The molecule has 1 N–H and O–H groups in total. The van der Waals surface area contributed by atoms with E-state index in [1.807, 2.05) is 24.8 Å². The van der Waals surface area contributed by atoms with Crippen LogP contribution in [0.4, 0.5) is 0 Å². The second-order valence-electron chi connectivity index (χ2n) is 6.50. The molecule has 0 unspecified atom stereocenters. The van der Waals surface area contributed by atoms with Crippen molar-refractivity contribution in [3.8, 4) is 0 Å². The minimum atomic E-state index is 0.194. The number of nitrogens with one attached hydrogen (secondary N) is 1. The highest BCUT2D eigenvalue weighted by Crippen LogP contribution is 2.27. The predicted octanol–water partition coefficient (Wildman–Crippen LogP) is 3.29. The molecule has 0 atom stereocenters. The maximum atomic E-state index is 12.6. The smallest absolute Gasteiger partial charge is 0.223 e. The van der Waals surface area contributed by atoms with Crippen LogP contribution < -0.4 is 0 Å². The Bertz CT molecular complexity index is 887. The average Bonchev–Trinajstić information content (AvgIpc) is 3.12. The van der Waals surface area contributed by atoms with Crippen molar-refractivity contribution < 1.29 is 9.32 Å². The molecule has 0 aliphatic carbocycles. The summed E-state index contributed by atoms with van der Waals surface area (Å²) in [5.74, 6) is 1.01. The normalized spacial score (nSPS) is 14.2. The van der Waals surface area contributed by atoms with Gasteiger partial charge in [0.25, 0.3) is 0 Å². The van der Waals surface area contributed by atoms with Crippen molar-refractivity contribution >= 4 is 16.8 Å². The Morgan fingerprint density at radius 3 is 2.96 bits per heavy atom. The number of amides is 1. The molecule has 4 rings (SSSR count). The summed E-state index contributed by atoms with van der Waals surface area (Å²) < 4.78 is 5.17. The van der Waals surface area contributed by atoms with E-state index >= 15 is 0 Å². The first-order valence-corrected chi connectivity index (χ1v) is 8.41. The lowest BCUT2D eigenvalue weighted by atomic mass is 10.0. The lowest BCUT2D eigenvalue weighted by Crippen LogP contribution is -2.36. The Balaban J connectivity index is 1.47. The first-order valence-electron chi connectivity index (χ1n) is 8.41. The van der Waals surface area contributed by atoms with E-state index in [9.17, 15) is 4.79 Å². The molecule has 3 aromatic rings. The molecule has 24 heavy (non-hydrogen) atoms. The van der Waals surface area contributed by atoms with Gasteiger partial charge in [0.1, 0.15) is 5.76 Å². The molecule has 1 amide bonds. The summed E-state index contributed by atoms with van der Waals surface area (Å²) in [6, 6.07) is 8.35. The van der Waals surface area contributed by atoms with Crippen LogP contribution in [0.15, 0.2) is 28.8 Å².